The number of fused-ring (bicyclic) bond motifs is 2. The summed E-state index contributed by atoms with van der Waals surface area (Å²) in [4.78, 5) is 29.3. The van der Waals surface area contributed by atoms with E-state index in [0.717, 1.165) is 5.39 Å². The molecule has 0 spiro atoms. The Kier molecular flexibility index (Phi) is 5.61. The zero-order valence-corrected chi connectivity index (χ0v) is 18.2. The monoisotopic (exact) mass is 453 g/mol. The van der Waals surface area contributed by atoms with Gasteiger partial charge in [0.1, 0.15) is 11.3 Å². The van der Waals surface area contributed by atoms with E-state index in [9.17, 15) is 9.59 Å². The molecule has 0 N–H and O–H groups in total. The van der Waals surface area contributed by atoms with E-state index in [-0.39, 0.29) is 18.0 Å². The highest BCUT2D eigenvalue weighted by Crippen LogP contribution is 2.27. The number of rotatable bonds is 6. The summed E-state index contributed by atoms with van der Waals surface area (Å²) >= 11 is 0. The van der Waals surface area contributed by atoms with E-state index in [1.807, 2.05) is 36.4 Å². The number of esters is 1. The summed E-state index contributed by atoms with van der Waals surface area (Å²) in [5.41, 5.74) is 1.58. The topological polar surface area (TPSA) is 95.9 Å². The van der Waals surface area contributed by atoms with Crippen molar-refractivity contribution < 1.29 is 18.7 Å². The molecule has 0 fully saturated rings. The molecule has 5 aromatic rings. The lowest BCUT2D eigenvalue weighted by molar-refractivity contribution is -0.142. The number of nitrogens with zero attached hydrogens (tertiary/aromatic N) is 3. The van der Waals surface area contributed by atoms with Gasteiger partial charge in [-0.2, -0.15) is 9.78 Å². The Labute approximate surface area is 193 Å². The number of aromatic nitrogens is 2. The highest BCUT2D eigenvalue weighted by atomic mass is 16.6. The molecule has 2 aromatic heterocycles. The van der Waals surface area contributed by atoms with E-state index in [0.29, 0.717) is 33.6 Å². The SMILES string of the molecule is COC(=O)COc1cccc(C=Nn2c(-c3cc4ccccc4o3)nc3ccccc3c2=O)c1. The molecule has 8 heteroatoms. The molecule has 2 heterocycles. The van der Waals surface area contributed by atoms with Gasteiger partial charge in [0.05, 0.1) is 24.2 Å². The first-order valence-electron chi connectivity index (χ1n) is 10.5. The van der Waals surface area contributed by atoms with Gasteiger partial charge >= 0.3 is 5.97 Å². The van der Waals surface area contributed by atoms with E-state index >= 15 is 0 Å². The Morgan fingerprint density at radius 1 is 1.06 bits per heavy atom. The van der Waals surface area contributed by atoms with Gasteiger partial charge in [-0.3, -0.25) is 4.79 Å². The van der Waals surface area contributed by atoms with Crippen molar-refractivity contribution in [1.82, 2.24) is 9.66 Å². The molecular formula is C26H19N3O5. The fraction of sp³-hybridized carbons (Fsp3) is 0.0769. The molecule has 5 rings (SSSR count). The molecule has 0 atom stereocenters. The predicted octanol–water partition coefficient (Wildman–Crippen LogP) is 4.24. The smallest absolute Gasteiger partial charge is 0.343 e. The van der Waals surface area contributed by atoms with Crippen molar-refractivity contribution >= 4 is 34.1 Å². The highest BCUT2D eigenvalue weighted by Gasteiger charge is 2.16. The van der Waals surface area contributed by atoms with Crippen LogP contribution in [0, 0.1) is 0 Å². The zero-order chi connectivity index (χ0) is 23.5. The maximum atomic E-state index is 13.3. The fourth-order valence-electron chi connectivity index (χ4n) is 3.49. The molecule has 0 saturated carbocycles. The number of para-hydroxylation sites is 2. The maximum absolute atomic E-state index is 13.3. The van der Waals surface area contributed by atoms with Crippen LogP contribution in [0.5, 0.6) is 5.75 Å². The van der Waals surface area contributed by atoms with Gasteiger partial charge in [0.2, 0.25) is 5.82 Å². The second kappa shape index (κ2) is 9.03. The number of hydrogen-bond acceptors (Lipinski definition) is 7. The number of carbonyl (C=O) groups excluding carboxylic acids is 1. The molecule has 8 nitrogen and oxygen atoms in total. The normalized spacial score (nSPS) is 11.3. The van der Waals surface area contributed by atoms with Crippen molar-refractivity contribution in [3.05, 3.63) is 94.8 Å². The number of furan rings is 1. The van der Waals surface area contributed by atoms with E-state index in [2.05, 4.69) is 14.8 Å². The predicted molar refractivity (Wildman–Crippen MR) is 128 cm³/mol. The Morgan fingerprint density at radius 3 is 2.74 bits per heavy atom. The van der Waals surface area contributed by atoms with Crippen LogP contribution >= 0.6 is 0 Å². The van der Waals surface area contributed by atoms with Crippen molar-refractivity contribution in [1.29, 1.82) is 0 Å². The number of carbonyl (C=O) groups is 1. The van der Waals surface area contributed by atoms with Gasteiger partial charge in [-0.15, -0.1) is 0 Å². The van der Waals surface area contributed by atoms with E-state index < -0.39 is 5.97 Å². The number of methoxy groups -OCH3 is 1. The van der Waals surface area contributed by atoms with Gasteiger partial charge in [-0.05, 0) is 42.0 Å². The third-order valence-corrected chi connectivity index (χ3v) is 5.16. The minimum absolute atomic E-state index is 0.207. The Morgan fingerprint density at radius 2 is 1.88 bits per heavy atom. The molecule has 0 saturated heterocycles. The summed E-state index contributed by atoms with van der Waals surface area (Å²) in [6, 6.07) is 23.5. The highest BCUT2D eigenvalue weighted by molar-refractivity contribution is 5.85. The maximum Gasteiger partial charge on any atom is 0.343 e. The average molecular weight is 453 g/mol. The van der Waals surface area contributed by atoms with Gasteiger partial charge in [0.25, 0.3) is 5.56 Å². The van der Waals surface area contributed by atoms with E-state index in [4.69, 9.17) is 9.15 Å². The van der Waals surface area contributed by atoms with E-state index in [1.165, 1.54) is 18.0 Å². The van der Waals surface area contributed by atoms with Gasteiger partial charge in [-0.25, -0.2) is 9.78 Å². The third-order valence-electron chi connectivity index (χ3n) is 5.16. The molecule has 0 radical (unpaired) electrons. The van der Waals surface area contributed by atoms with Crippen LogP contribution in [-0.2, 0) is 9.53 Å². The number of benzene rings is 3. The van der Waals surface area contributed by atoms with Crippen molar-refractivity contribution in [3.63, 3.8) is 0 Å². The van der Waals surface area contributed by atoms with Crippen LogP contribution < -0.4 is 10.3 Å². The quantitative estimate of drug-likeness (QED) is 0.282. The van der Waals surface area contributed by atoms with Gasteiger partial charge in [0, 0.05) is 5.39 Å². The summed E-state index contributed by atoms with van der Waals surface area (Å²) < 4.78 is 17.2. The second-order valence-corrected chi connectivity index (χ2v) is 7.40. The molecule has 0 amide bonds. The molecule has 0 aliphatic carbocycles. The van der Waals surface area contributed by atoms with Crippen LogP contribution in [0.2, 0.25) is 0 Å². The number of ether oxygens (including phenoxy) is 2. The molecular weight excluding hydrogens is 434 g/mol. The lowest BCUT2D eigenvalue weighted by atomic mass is 10.2. The summed E-state index contributed by atoms with van der Waals surface area (Å²) in [6.07, 6.45) is 1.52. The van der Waals surface area contributed by atoms with Crippen LogP contribution in [0.4, 0.5) is 0 Å². The first kappa shape index (κ1) is 21.1. The fourth-order valence-corrected chi connectivity index (χ4v) is 3.49. The van der Waals surface area contributed by atoms with Gasteiger partial charge in [-0.1, -0.05) is 42.5 Å². The van der Waals surface area contributed by atoms with Gasteiger partial charge < -0.3 is 13.9 Å². The van der Waals surface area contributed by atoms with Crippen molar-refractivity contribution in [2.24, 2.45) is 5.10 Å². The largest absolute Gasteiger partial charge is 0.482 e. The van der Waals surface area contributed by atoms with Crippen LogP contribution in [0.25, 0.3) is 33.5 Å². The Balaban J connectivity index is 1.58. The van der Waals surface area contributed by atoms with Crippen molar-refractivity contribution in [2.75, 3.05) is 13.7 Å². The lowest BCUT2D eigenvalue weighted by Crippen LogP contribution is -2.20. The number of hydrogen-bond donors (Lipinski definition) is 0. The molecule has 0 bridgehead atoms. The Bertz CT molecular complexity index is 1570. The van der Waals surface area contributed by atoms with Gasteiger partial charge in [0.15, 0.2) is 12.4 Å². The van der Waals surface area contributed by atoms with Crippen molar-refractivity contribution in [3.8, 4) is 17.3 Å². The Hall–Kier alpha value is -4.72. The van der Waals surface area contributed by atoms with Crippen LogP contribution in [0.15, 0.2) is 93.2 Å². The molecule has 0 aliphatic heterocycles. The van der Waals surface area contributed by atoms with Crippen LogP contribution in [0.3, 0.4) is 0 Å². The molecule has 34 heavy (non-hydrogen) atoms. The van der Waals surface area contributed by atoms with Crippen LogP contribution in [-0.4, -0.2) is 35.6 Å². The first-order chi connectivity index (χ1) is 16.6. The van der Waals surface area contributed by atoms with E-state index in [1.54, 1.807) is 42.5 Å². The summed E-state index contributed by atoms with van der Waals surface area (Å²) in [7, 11) is 1.30. The minimum atomic E-state index is -0.483. The zero-order valence-electron chi connectivity index (χ0n) is 18.2. The molecule has 3 aromatic carbocycles. The third kappa shape index (κ3) is 4.16. The average Bonchev–Trinajstić information content (AvgIpc) is 3.31. The second-order valence-electron chi connectivity index (χ2n) is 7.40. The van der Waals surface area contributed by atoms with Crippen LogP contribution in [0.1, 0.15) is 5.56 Å². The summed E-state index contributed by atoms with van der Waals surface area (Å²) in [6.45, 7) is -0.207. The molecule has 168 valence electrons. The van der Waals surface area contributed by atoms with Crippen molar-refractivity contribution in [2.45, 2.75) is 0 Å². The summed E-state index contributed by atoms with van der Waals surface area (Å²) in [5.74, 6) is 0.699. The molecule has 0 aliphatic rings. The standard InChI is InChI=1S/C26H19N3O5/c1-32-24(30)16-33-19-9-6-7-17(13-19)15-27-29-25(23-14-18-8-2-5-12-22(18)34-23)28-21-11-4-3-10-20(21)26(29)31/h2-15H,16H2,1H3. The molecule has 0 unspecified atom stereocenters. The minimum Gasteiger partial charge on any atom is -0.482 e. The first-order valence-corrected chi connectivity index (χ1v) is 10.5. The lowest BCUT2D eigenvalue weighted by Gasteiger charge is -2.08. The summed E-state index contributed by atoms with van der Waals surface area (Å²) in [5, 5.41) is 5.77.